The van der Waals surface area contributed by atoms with Crippen molar-refractivity contribution < 1.29 is 0 Å². The molecule has 0 saturated carbocycles. The van der Waals surface area contributed by atoms with E-state index in [2.05, 4.69) is 206 Å². The molecule has 3 heterocycles. The molecule has 1 atom stereocenters. The van der Waals surface area contributed by atoms with Gasteiger partial charge in [0.2, 0.25) is 0 Å². The quantitative estimate of drug-likeness (QED) is 0.136. The number of aromatic nitrogens is 3. The summed E-state index contributed by atoms with van der Waals surface area (Å²) in [7, 11) is 0. The van der Waals surface area contributed by atoms with E-state index in [0.29, 0.717) is 17.9 Å². The number of hydrogen-bond acceptors (Lipinski definition) is 3. The van der Waals surface area contributed by atoms with Crippen LogP contribution >= 0.6 is 0 Å². The molecule has 8 aromatic carbocycles. The lowest BCUT2D eigenvalue weighted by atomic mass is 9.64. The van der Waals surface area contributed by atoms with Gasteiger partial charge < -0.3 is 4.57 Å². The van der Waals surface area contributed by atoms with Gasteiger partial charge in [-0.25, -0.2) is 15.0 Å². The number of allylic oxidation sites excluding steroid dienone is 2. The molecule has 0 radical (unpaired) electrons. The third-order valence-corrected chi connectivity index (χ3v) is 13.4. The van der Waals surface area contributed by atoms with E-state index in [4.69, 9.17) is 15.0 Å². The molecule has 1 unspecified atom stereocenters. The molecule has 65 heavy (non-hydrogen) atoms. The van der Waals surface area contributed by atoms with Crippen molar-refractivity contribution in [3.63, 3.8) is 0 Å². The molecule has 0 N–H and O–H groups in total. The van der Waals surface area contributed by atoms with E-state index in [1.165, 1.54) is 60.9 Å². The van der Waals surface area contributed by atoms with Crippen LogP contribution in [0.1, 0.15) is 58.0 Å². The van der Waals surface area contributed by atoms with Gasteiger partial charge in [-0.1, -0.05) is 208 Å². The summed E-state index contributed by atoms with van der Waals surface area (Å²) in [6, 6.07) is 75.9. The highest BCUT2D eigenvalue weighted by Gasteiger charge is 2.52. The van der Waals surface area contributed by atoms with Crippen molar-refractivity contribution in [2.45, 2.75) is 25.2 Å². The topological polar surface area (TPSA) is 43.1 Å². The van der Waals surface area contributed by atoms with Crippen molar-refractivity contribution in [2.24, 2.45) is 4.99 Å². The minimum atomic E-state index is -0.570. The molecule has 2 aliphatic rings. The molecule has 10 aromatic rings. The summed E-state index contributed by atoms with van der Waals surface area (Å²) < 4.78 is 2.50. The van der Waals surface area contributed by atoms with E-state index in [1.807, 2.05) is 24.3 Å². The fraction of sp³-hybridized carbons (Fsp3) is 0.0656. The largest absolute Gasteiger partial charge is 0.309 e. The van der Waals surface area contributed by atoms with Crippen LogP contribution in [-0.4, -0.2) is 20.2 Å². The van der Waals surface area contributed by atoms with Crippen LogP contribution in [0, 0.1) is 0 Å². The van der Waals surface area contributed by atoms with Crippen molar-refractivity contribution >= 4 is 38.8 Å². The maximum absolute atomic E-state index is 5.61. The first-order valence-corrected chi connectivity index (χ1v) is 22.5. The van der Waals surface area contributed by atoms with E-state index < -0.39 is 5.41 Å². The van der Waals surface area contributed by atoms with Gasteiger partial charge in [0.25, 0.3) is 0 Å². The van der Waals surface area contributed by atoms with Crippen LogP contribution in [0.3, 0.4) is 0 Å². The summed E-state index contributed by atoms with van der Waals surface area (Å²) in [5.74, 6) is 0.715. The van der Waals surface area contributed by atoms with Gasteiger partial charge >= 0.3 is 0 Å². The van der Waals surface area contributed by atoms with Gasteiger partial charge in [-0.2, -0.15) is 0 Å². The first kappa shape index (κ1) is 38.5. The standard InChI is InChI=1S/C61H44N4/c1-3-50-57(49-27-13-15-29-51(49)61(50)52-30-16-18-33-56(52)65-55-32-17-14-26-47(55)48-28-19-31-53(61)59(48)65)58(62-40(2)42-22-9-5-10-23-42)44-36-34-43(35-37-44)54-39-46(38-41-20-7-4-8-21-41)63-60(64-54)45-24-11-6-12-25-45/h4-37,39H,2-3,38H2,1H3/b62-58-. The van der Waals surface area contributed by atoms with Gasteiger partial charge in [0.1, 0.15) is 0 Å². The van der Waals surface area contributed by atoms with E-state index in [-0.39, 0.29) is 0 Å². The highest BCUT2D eigenvalue weighted by molar-refractivity contribution is 6.35. The predicted molar refractivity (Wildman–Crippen MR) is 268 cm³/mol. The molecular weight excluding hydrogens is 789 g/mol. The first-order valence-electron chi connectivity index (χ1n) is 22.5. The van der Waals surface area contributed by atoms with E-state index in [1.54, 1.807) is 0 Å². The summed E-state index contributed by atoms with van der Waals surface area (Å²) in [4.78, 5) is 15.9. The minimum Gasteiger partial charge on any atom is -0.309 e. The van der Waals surface area contributed by atoms with Crippen LogP contribution in [0.4, 0.5) is 0 Å². The molecule has 2 aromatic heterocycles. The highest BCUT2D eigenvalue weighted by atomic mass is 15.0. The number of hydrogen-bond donors (Lipinski definition) is 0. The Labute approximate surface area is 379 Å². The van der Waals surface area contributed by atoms with Crippen LogP contribution in [0.25, 0.3) is 61.4 Å². The van der Waals surface area contributed by atoms with Crippen LogP contribution in [0.2, 0.25) is 0 Å². The molecule has 0 bridgehead atoms. The Morgan fingerprint density at radius 2 is 1.22 bits per heavy atom. The van der Waals surface area contributed by atoms with Gasteiger partial charge in [0.15, 0.2) is 5.82 Å². The third-order valence-electron chi connectivity index (χ3n) is 13.4. The summed E-state index contributed by atoms with van der Waals surface area (Å²) in [6.45, 7) is 6.93. The van der Waals surface area contributed by atoms with E-state index in [9.17, 15) is 0 Å². The molecular formula is C61H44N4. The third kappa shape index (κ3) is 6.09. The van der Waals surface area contributed by atoms with Gasteiger partial charge in [-0.3, -0.25) is 0 Å². The number of rotatable bonds is 9. The molecule has 1 aliphatic carbocycles. The molecule has 1 spiro atoms. The van der Waals surface area contributed by atoms with E-state index >= 15 is 0 Å². The lowest BCUT2D eigenvalue weighted by molar-refractivity contribution is 0.699. The Kier molecular flexibility index (Phi) is 9.20. The molecule has 0 saturated heterocycles. The van der Waals surface area contributed by atoms with Crippen molar-refractivity contribution in [1.82, 2.24) is 14.5 Å². The molecule has 308 valence electrons. The smallest absolute Gasteiger partial charge is 0.160 e. The van der Waals surface area contributed by atoms with E-state index in [0.717, 1.165) is 51.3 Å². The normalized spacial score (nSPS) is 15.1. The number of benzene rings is 8. The molecule has 4 heteroatoms. The lowest BCUT2D eigenvalue weighted by Gasteiger charge is -2.41. The Hall–Kier alpha value is -8.21. The Morgan fingerprint density at radius 1 is 0.569 bits per heavy atom. The summed E-state index contributed by atoms with van der Waals surface area (Å²) in [5.41, 5.74) is 19.3. The molecule has 12 rings (SSSR count). The lowest BCUT2D eigenvalue weighted by Crippen LogP contribution is -2.34. The monoisotopic (exact) mass is 832 g/mol. The van der Waals surface area contributed by atoms with Crippen molar-refractivity contribution in [2.75, 3.05) is 0 Å². The fourth-order valence-corrected chi connectivity index (χ4v) is 10.7. The average molecular weight is 833 g/mol. The Balaban J connectivity index is 1.08. The Bertz CT molecular complexity index is 3540. The van der Waals surface area contributed by atoms with Crippen LogP contribution in [0.5, 0.6) is 0 Å². The number of nitrogens with zero attached hydrogens (tertiary/aromatic N) is 4. The zero-order valence-corrected chi connectivity index (χ0v) is 36.1. The maximum atomic E-state index is 5.61. The van der Waals surface area contributed by atoms with Crippen molar-refractivity contribution in [3.8, 4) is 28.3 Å². The number of para-hydroxylation sites is 3. The fourth-order valence-electron chi connectivity index (χ4n) is 10.7. The average Bonchev–Trinajstić information content (AvgIpc) is 3.87. The second-order valence-electron chi connectivity index (χ2n) is 17.0. The highest BCUT2D eigenvalue weighted by Crippen LogP contribution is 2.61. The predicted octanol–water partition coefficient (Wildman–Crippen LogP) is 14.5. The molecule has 4 nitrogen and oxygen atoms in total. The first-order chi connectivity index (χ1) is 32.1. The molecule has 0 fully saturated rings. The van der Waals surface area contributed by atoms with Gasteiger partial charge in [0, 0.05) is 45.2 Å². The van der Waals surface area contributed by atoms with Gasteiger partial charge in [0.05, 0.1) is 39.2 Å². The summed E-state index contributed by atoms with van der Waals surface area (Å²) in [5, 5.41) is 2.53. The van der Waals surface area contributed by atoms with Crippen molar-refractivity contribution in [3.05, 3.63) is 269 Å². The maximum Gasteiger partial charge on any atom is 0.160 e. The zero-order chi connectivity index (χ0) is 43.5. The van der Waals surface area contributed by atoms with Crippen LogP contribution in [0.15, 0.2) is 229 Å². The molecule has 1 aliphatic heterocycles. The number of aliphatic imine (C=N–C) groups is 1. The van der Waals surface area contributed by atoms with Gasteiger partial charge in [-0.05, 0) is 63.6 Å². The summed E-state index contributed by atoms with van der Waals surface area (Å²) >= 11 is 0. The van der Waals surface area contributed by atoms with Crippen LogP contribution < -0.4 is 0 Å². The second kappa shape index (κ2) is 15.5. The minimum absolute atomic E-state index is 0.570. The Morgan fingerprint density at radius 3 is 2.00 bits per heavy atom. The van der Waals surface area contributed by atoms with Gasteiger partial charge in [-0.15, -0.1) is 0 Å². The van der Waals surface area contributed by atoms with Crippen molar-refractivity contribution in [1.29, 1.82) is 0 Å². The molecule has 0 amide bonds. The SMILES string of the molecule is C=C(/N=C(\C1=C(CC)C2(c3ccccc31)c1ccccc1-n1c3ccccc3c3cccc2c31)c1ccc(-c2cc(Cc3ccccc3)nc(-c3ccccc3)n2)cc1)c1ccccc1. The number of fused-ring (bicyclic) bond motifs is 9. The van der Waals surface area contributed by atoms with Crippen LogP contribution in [-0.2, 0) is 11.8 Å². The second-order valence-corrected chi connectivity index (χ2v) is 17.0. The summed E-state index contributed by atoms with van der Waals surface area (Å²) in [6.07, 6.45) is 1.51. The zero-order valence-electron chi connectivity index (χ0n) is 36.1.